The van der Waals surface area contributed by atoms with E-state index in [0.717, 1.165) is 12.0 Å². The van der Waals surface area contributed by atoms with Crippen molar-refractivity contribution >= 4 is 17.6 Å². The van der Waals surface area contributed by atoms with Crippen molar-refractivity contribution in [3.63, 3.8) is 0 Å². The third-order valence-electron chi connectivity index (χ3n) is 2.75. The first-order valence-corrected chi connectivity index (χ1v) is 5.63. The SMILES string of the molecule is CCOC(=O)C1CC1c1ccc(Cl)c(F)c1. The Kier molecular flexibility index (Phi) is 3.15. The van der Waals surface area contributed by atoms with Gasteiger partial charge in [-0.25, -0.2) is 4.39 Å². The largest absolute Gasteiger partial charge is 0.466 e. The number of rotatable bonds is 3. The zero-order chi connectivity index (χ0) is 11.7. The molecule has 0 saturated heterocycles. The van der Waals surface area contributed by atoms with Gasteiger partial charge in [0, 0.05) is 0 Å². The Morgan fingerprint density at radius 1 is 1.62 bits per heavy atom. The zero-order valence-electron chi connectivity index (χ0n) is 8.87. The van der Waals surface area contributed by atoms with Crippen molar-refractivity contribution in [2.75, 3.05) is 6.61 Å². The molecular weight excluding hydrogens is 231 g/mol. The minimum Gasteiger partial charge on any atom is -0.466 e. The van der Waals surface area contributed by atoms with Gasteiger partial charge in [-0.05, 0) is 37.0 Å². The van der Waals surface area contributed by atoms with Gasteiger partial charge >= 0.3 is 5.97 Å². The number of benzene rings is 1. The number of carbonyl (C=O) groups excluding carboxylic acids is 1. The van der Waals surface area contributed by atoms with Crippen LogP contribution in [0.3, 0.4) is 0 Å². The van der Waals surface area contributed by atoms with Gasteiger partial charge in [0.25, 0.3) is 0 Å². The van der Waals surface area contributed by atoms with E-state index in [2.05, 4.69) is 0 Å². The predicted molar refractivity (Wildman–Crippen MR) is 58.9 cm³/mol. The maximum absolute atomic E-state index is 13.2. The van der Waals surface area contributed by atoms with Gasteiger partial charge in [-0.3, -0.25) is 4.79 Å². The van der Waals surface area contributed by atoms with Crippen molar-refractivity contribution in [3.8, 4) is 0 Å². The molecule has 1 aromatic carbocycles. The Balaban J connectivity index is 2.06. The molecule has 1 aliphatic carbocycles. The van der Waals surface area contributed by atoms with E-state index in [1.54, 1.807) is 13.0 Å². The molecule has 0 spiro atoms. The third-order valence-corrected chi connectivity index (χ3v) is 3.06. The molecule has 0 heterocycles. The van der Waals surface area contributed by atoms with Crippen LogP contribution in [0.15, 0.2) is 18.2 Å². The Morgan fingerprint density at radius 3 is 3.00 bits per heavy atom. The Hall–Kier alpha value is -1.09. The summed E-state index contributed by atoms with van der Waals surface area (Å²) >= 11 is 5.59. The van der Waals surface area contributed by atoms with E-state index >= 15 is 0 Å². The molecular formula is C12H12ClFO2. The van der Waals surface area contributed by atoms with E-state index in [4.69, 9.17) is 16.3 Å². The minimum atomic E-state index is -0.436. The highest BCUT2D eigenvalue weighted by atomic mass is 35.5. The molecule has 1 saturated carbocycles. The lowest BCUT2D eigenvalue weighted by Crippen LogP contribution is -2.07. The summed E-state index contributed by atoms with van der Waals surface area (Å²) in [6.45, 7) is 2.16. The second kappa shape index (κ2) is 4.42. The second-order valence-electron chi connectivity index (χ2n) is 3.87. The van der Waals surface area contributed by atoms with Gasteiger partial charge in [0.2, 0.25) is 0 Å². The lowest BCUT2D eigenvalue weighted by molar-refractivity contribution is -0.144. The van der Waals surface area contributed by atoms with Crippen LogP contribution in [0.25, 0.3) is 0 Å². The number of carbonyl (C=O) groups is 1. The Morgan fingerprint density at radius 2 is 2.38 bits per heavy atom. The molecule has 1 fully saturated rings. The number of esters is 1. The van der Waals surface area contributed by atoms with Crippen LogP contribution in [0.4, 0.5) is 4.39 Å². The predicted octanol–water partition coefficient (Wildman–Crippen LogP) is 3.15. The molecule has 0 N–H and O–H groups in total. The zero-order valence-corrected chi connectivity index (χ0v) is 9.63. The van der Waals surface area contributed by atoms with E-state index in [9.17, 15) is 9.18 Å². The van der Waals surface area contributed by atoms with Gasteiger partial charge in [-0.15, -0.1) is 0 Å². The lowest BCUT2D eigenvalue weighted by Gasteiger charge is -2.02. The van der Waals surface area contributed by atoms with Gasteiger partial charge in [-0.2, -0.15) is 0 Å². The van der Waals surface area contributed by atoms with Crippen molar-refractivity contribution in [3.05, 3.63) is 34.6 Å². The molecule has 16 heavy (non-hydrogen) atoms. The summed E-state index contributed by atoms with van der Waals surface area (Å²) in [5, 5.41) is 0.108. The molecule has 0 radical (unpaired) electrons. The van der Waals surface area contributed by atoms with Crippen LogP contribution >= 0.6 is 11.6 Å². The Bertz CT molecular complexity index is 419. The van der Waals surface area contributed by atoms with Crippen molar-refractivity contribution in [1.82, 2.24) is 0 Å². The molecule has 2 atom stereocenters. The standard InChI is InChI=1S/C12H12ClFO2/c1-2-16-12(15)9-6-8(9)7-3-4-10(13)11(14)5-7/h3-5,8-9H,2,6H2,1H3. The van der Waals surface area contributed by atoms with E-state index in [1.807, 2.05) is 0 Å². The highest BCUT2D eigenvalue weighted by Gasteiger charge is 2.45. The fourth-order valence-electron chi connectivity index (χ4n) is 1.82. The summed E-state index contributed by atoms with van der Waals surface area (Å²) in [5.74, 6) is -0.650. The molecule has 1 aromatic rings. The fraction of sp³-hybridized carbons (Fsp3) is 0.417. The van der Waals surface area contributed by atoms with Crippen LogP contribution in [-0.4, -0.2) is 12.6 Å². The smallest absolute Gasteiger partial charge is 0.309 e. The van der Waals surface area contributed by atoms with Crippen LogP contribution in [0.1, 0.15) is 24.8 Å². The second-order valence-corrected chi connectivity index (χ2v) is 4.28. The number of halogens is 2. The first-order chi connectivity index (χ1) is 7.63. The van der Waals surface area contributed by atoms with Gasteiger partial charge in [0.1, 0.15) is 5.82 Å². The first kappa shape index (κ1) is 11.4. The van der Waals surface area contributed by atoms with Crippen LogP contribution in [0, 0.1) is 11.7 Å². The maximum Gasteiger partial charge on any atom is 0.309 e. The topological polar surface area (TPSA) is 26.3 Å². The summed E-state index contributed by atoms with van der Waals surface area (Å²) in [5.41, 5.74) is 0.819. The van der Waals surface area contributed by atoms with Crippen LogP contribution < -0.4 is 0 Å². The minimum absolute atomic E-state index is 0.0887. The average Bonchev–Trinajstić information content (AvgIpc) is 3.02. The number of hydrogen-bond donors (Lipinski definition) is 0. The van der Waals surface area contributed by atoms with E-state index in [1.165, 1.54) is 12.1 Å². The number of ether oxygens (including phenoxy) is 1. The lowest BCUT2D eigenvalue weighted by atomic mass is 10.1. The molecule has 4 heteroatoms. The molecule has 2 nitrogen and oxygen atoms in total. The highest BCUT2D eigenvalue weighted by Crippen LogP contribution is 2.48. The van der Waals surface area contributed by atoms with Gasteiger partial charge in [-0.1, -0.05) is 17.7 Å². The highest BCUT2D eigenvalue weighted by molar-refractivity contribution is 6.30. The van der Waals surface area contributed by atoms with Gasteiger partial charge in [0.15, 0.2) is 0 Å². The fourth-order valence-corrected chi connectivity index (χ4v) is 1.93. The normalized spacial score (nSPS) is 22.9. The van der Waals surface area contributed by atoms with Crippen molar-refractivity contribution in [2.24, 2.45) is 5.92 Å². The summed E-state index contributed by atoms with van der Waals surface area (Å²) < 4.78 is 18.1. The van der Waals surface area contributed by atoms with E-state index in [-0.39, 0.29) is 22.8 Å². The van der Waals surface area contributed by atoms with E-state index in [0.29, 0.717) is 6.61 Å². The Labute approximate surface area is 98.4 Å². The average molecular weight is 243 g/mol. The molecule has 0 aliphatic heterocycles. The monoisotopic (exact) mass is 242 g/mol. The summed E-state index contributed by atoms with van der Waals surface area (Å²) in [4.78, 5) is 11.4. The maximum atomic E-state index is 13.2. The molecule has 2 unspecified atom stereocenters. The van der Waals surface area contributed by atoms with Gasteiger partial charge < -0.3 is 4.74 Å². The van der Waals surface area contributed by atoms with Crippen LogP contribution in [0.5, 0.6) is 0 Å². The van der Waals surface area contributed by atoms with E-state index < -0.39 is 5.82 Å². The van der Waals surface area contributed by atoms with Crippen molar-refractivity contribution in [2.45, 2.75) is 19.3 Å². The molecule has 0 amide bonds. The summed E-state index contributed by atoms with van der Waals surface area (Å²) in [7, 11) is 0. The van der Waals surface area contributed by atoms with Crippen molar-refractivity contribution < 1.29 is 13.9 Å². The third kappa shape index (κ3) is 2.19. The van der Waals surface area contributed by atoms with Crippen LogP contribution in [-0.2, 0) is 9.53 Å². The molecule has 0 aromatic heterocycles. The molecule has 86 valence electrons. The van der Waals surface area contributed by atoms with Crippen molar-refractivity contribution in [1.29, 1.82) is 0 Å². The quantitative estimate of drug-likeness (QED) is 0.761. The van der Waals surface area contributed by atoms with Gasteiger partial charge in [0.05, 0.1) is 17.5 Å². The van der Waals surface area contributed by atoms with Crippen LogP contribution in [0.2, 0.25) is 5.02 Å². The first-order valence-electron chi connectivity index (χ1n) is 5.25. The molecule has 2 rings (SSSR count). The molecule has 0 bridgehead atoms. The molecule has 1 aliphatic rings. The number of hydrogen-bond acceptors (Lipinski definition) is 2. The summed E-state index contributed by atoms with van der Waals surface area (Å²) in [6.07, 6.45) is 0.736. The summed E-state index contributed by atoms with van der Waals surface area (Å²) in [6, 6.07) is 4.67.